The zero-order valence-corrected chi connectivity index (χ0v) is 18.1. The van der Waals surface area contributed by atoms with Gasteiger partial charge in [0.05, 0.1) is 25.5 Å². The number of hydrogen-bond donors (Lipinski definition) is 1. The second-order valence-electron chi connectivity index (χ2n) is 7.14. The Morgan fingerprint density at radius 3 is 2.09 bits per heavy atom. The summed E-state index contributed by atoms with van der Waals surface area (Å²) in [5.74, 6) is 0.721. The quantitative estimate of drug-likeness (QED) is 0.420. The van der Waals surface area contributed by atoms with Crippen molar-refractivity contribution in [2.24, 2.45) is 0 Å². The van der Waals surface area contributed by atoms with E-state index in [0.717, 1.165) is 29.8 Å². The maximum Gasteiger partial charge on any atom is 0.416 e. The van der Waals surface area contributed by atoms with Gasteiger partial charge in [0, 0.05) is 16.8 Å². The molecule has 174 valence electrons. The highest BCUT2D eigenvalue weighted by molar-refractivity contribution is 6.04. The fourth-order valence-electron chi connectivity index (χ4n) is 3.19. The minimum absolute atomic E-state index is 0.111. The number of benzene rings is 3. The van der Waals surface area contributed by atoms with Crippen LogP contribution >= 0.6 is 0 Å². The number of rotatable bonds is 6. The van der Waals surface area contributed by atoms with Crippen molar-refractivity contribution in [1.29, 1.82) is 0 Å². The van der Waals surface area contributed by atoms with Crippen molar-refractivity contribution in [2.75, 3.05) is 19.5 Å². The summed E-state index contributed by atoms with van der Waals surface area (Å²) in [4.78, 5) is 16.8. The van der Waals surface area contributed by atoms with Crippen LogP contribution in [0.15, 0.2) is 72.8 Å². The Morgan fingerprint density at radius 1 is 0.882 bits per heavy atom. The minimum atomic E-state index is -4.46. The first kappa shape index (κ1) is 22.8. The molecule has 34 heavy (non-hydrogen) atoms. The molecular formula is C24H19F3N4O3. The van der Waals surface area contributed by atoms with Gasteiger partial charge < -0.3 is 14.8 Å². The van der Waals surface area contributed by atoms with Gasteiger partial charge >= 0.3 is 12.2 Å². The van der Waals surface area contributed by atoms with Crippen LogP contribution in [0.5, 0.6) is 11.8 Å². The number of carbonyl (C=O) groups is 1. The number of alkyl halides is 3. The summed E-state index contributed by atoms with van der Waals surface area (Å²) < 4.78 is 50.1. The van der Waals surface area contributed by atoms with Gasteiger partial charge in [-0.05, 0) is 72.8 Å². The van der Waals surface area contributed by atoms with E-state index in [1.54, 1.807) is 48.2 Å². The van der Waals surface area contributed by atoms with Gasteiger partial charge in [0.15, 0.2) is 5.82 Å². The molecule has 10 heteroatoms. The fourth-order valence-corrected chi connectivity index (χ4v) is 3.19. The number of nitrogens with zero attached hydrogens (tertiary/aromatic N) is 3. The van der Waals surface area contributed by atoms with Crippen molar-refractivity contribution in [3.63, 3.8) is 0 Å². The maximum absolute atomic E-state index is 12.7. The molecule has 0 bridgehead atoms. The lowest BCUT2D eigenvalue weighted by molar-refractivity contribution is -0.137. The van der Waals surface area contributed by atoms with E-state index in [-0.39, 0.29) is 11.6 Å². The van der Waals surface area contributed by atoms with Crippen molar-refractivity contribution in [3.05, 3.63) is 83.9 Å². The van der Waals surface area contributed by atoms with Crippen molar-refractivity contribution >= 4 is 11.6 Å². The lowest BCUT2D eigenvalue weighted by atomic mass is 10.1. The highest BCUT2D eigenvalue weighted by Gasteiger charge is 2.30. The molecule has 4 rings (SSSR count). The average Bonchev–Trinajstić information content (AvgIpc) is 3.29. The van der Waals surface area contributed by atoms with Gasteiger partial charge in [-0.1, -0.05) is 0 Å². The number of halogens is 3. The van der Waals surface area contributed by atoms with Gasteiger partial charge in [-0.25, -0.2) is 4.68 Å². The summed E-state index contributed by atoms with van der Waals surface area (Å²) >= 11 is 0. The van der Waals surface area contributed by atoms with Crippen LogP contribution in [-0.4, -0.2) is 34.9 Å². The van der Waals surface area contributed by atoms with Crippen molar-refractivity contribution in [2.45, 2.75) is 6.18 Å². The molecule has 0 saturated heterocycles. The average molecular weight is 468 g/mol. The third-order valence-corrected chi connectivity index (χ3v) is 4.96. The number of anilines is 1. The molecule has 7 nitrogen and oxygen atoms in total. The molecule has 1 aromatic heterocycles. The van der Waals surface area contributed by atoms with Crippen LogP contribution in [0.3, 0.4) is 0 Å². The Balaban J connectivity index is 1.54. The van der Waals surface area contributed by atoms with Crippen molar-refractivity contribution in [3.8, 4) is 28.8 Å². The third-order valence-electron chi connectivity index (χ3n) is 4.96. The van der Waals surface area contributed by atoms with Gasteiger partial charge in [0.2, 0.25) is 0 Å². The molecule has 0 spiro atoms. The summed E-state index contributed by atoms with van der Waals surface area (Å²) in [6.45, 7) is 0. The molecule has 0 unspecified atom stereocenters. The Morgan fingerprint density at radius 2 is 1.53 bits per heavy atom. The van der Waals surface area contributed by atoms with Gasteiger partial charge in [0.1, 0.15) is 5.75 Å². The van der Waals surface area contributed by atoms with Crippen LogP contribution in [-0.2, 0) is 6.18 Å². The van der Waals surface area contributed by atoms with Gasteiger partial charge in [-0.3, -0.25) is 4.79 Å². The Kier molecular flexibility index (Phi) is 6.22. The Bertz CT molecular complexity index is 1280. The van der Waals surface area contributed by atoms with Crippen molar-refractivity contribution in [1.82, 2.24) is 14.8 Å². The van der Waals surface area contributed by atoms with E-state index in [0.29, 0.717) is 22.9 Å². The molecular weight excluding hydrogens is 449 g/mol. The number of amides is 1. The number of carbonyl (C=O) groups excluding carboxylic acids is 1. The topological polar surface area (TPSA) is 78.3 Å². The summed E-state index contributed by atoms with van der Waals surface area (Å²) in [5.41, 5.74) is 1.21. The smallest absolute Gasteiger partial charge is 0.416 e. The zero-order valence-electron chi connectivity index (χ0n) is 18.1. The van der Waals surface area contributed by atoms with E-state index in [4.69, 9.17) is 9.47 Å². The second-order valence-corrected chi connectivity index (χ2v) is 7.14. The monoisotopic (exact) mass is 468 g/mol. The molecule has 0 saturated carbocycles. The molecule has 0 aliphatic carbocycles. The summed E-state index contributed by atoms with van der Waals surface area (Å²) in [6, 6.07) is 18.3. The van der Waals surface area contributed by atoms with Crippen LogP contribution in [0.25, 0.3) is 17.1 Å². The lowest BCUT2D eigenvalue weighted by Crippen LogP contribution is -2.13. The number of hydrogen-bond acceptors (Lipinski definition) is 5. The Hall–Kier alpha value is -4.34. The molecule has 0 aliphatic rings. The number of nitrogens with one attached hydrogen (secondary N) is 1. The molecule has 1 N–H and O–H groups in total. The molecule has 4 aromatic rings. The predicted molar refractivity (Wildman–Crippen MR) is 119 cm³/mol. The van der Waals surface area contributed by atoms with E-state index in [1.807, 2.05) is 12.1 Å². The minimum Gasteiger partial charge on any atom is -0.497 e. The van der Waals surface area contributed by atoms with E-state index >= 15 is 0 Å². The van der Waals surface area contributed by atoms with Crippen LogP contribution in [0, 0.1) is 0 Å². The van der Waals surface area contributed by atoms with E-state index in [1.165, 1.54) is 7.11 Å². The van der Waals surface area contributed by atoms with Crippen LogP contribution < -0.4 is 14.8 Å². The van der Waals surface area contributed by atoms with Crippen molar-refractivity contribution < 1.29 is 27.4 Å². The van der Waals surface area contributed by atoms with E-state index < -0.39 is 17.6 Å². The second kappa shape index (κ2) is 9.26. The van der Waals surface area contributed by atoms with Gasteiger partial charge in [0.25, 0.3) is 5.91 Å². The summed E-state index contributed by atoms with van der Waals surface area (Å²) in [7, 11) is 3.05. The number of ether oxygens (including phenoxy) is 2. The lowest BCUT2D eigenvalue weighted by Gasteiger charge is -2.10. The Labute approximate surface area is 192 Å². The predicted octanol–water partition coefficient (Wildman–Crippen LogP) is 5.22. The highest BCUT2D eigenvalue weighted by atomic mass is 19.4. The normalized spacial score (nSPS) is 11.2. The number of aromatic nitrogens is 3. The largest absolute Gasteiger partial charge is 0.497 e. The first-order valence-corrected chi connectivity index (χ1v) is 10.0. The first-order valence-electron chi connectivity index (χ1n) is 10.0. The molecule has 0 atom stereocenters. The molecule has 3 aromatic carbocycles. The molecule has 0 aliphatic heterocycles. The first-order chi connectivity index (χ1) is 16.3. The van der Waals surface area contributed by atoms with Crippen LogP contribution in [0.1, 0.15) is 15.9 Å². The van der Waals surface area contributed by atoms with Gasteiger partial charge in [-0.2, -0.15) is 18.2 Å². The fraction of sp³-hybridized carbons (Fsp3) is 0.125. The van der Waals surface area contributed by atoms with Crippen LogP contribution in [0.2, 0.25) is 0 Å². The molecule has 1 heterocycles. The summed E-state index contributed by atoms with van der Waals surface area (Å²) in [6.07, 6.45) is -4.46. The van der Waals surface area contributed by atoms with E-state index in [2.05, 4.69) is 15.4 Å². The third kappa shape index (κ3) is 4.85. The standard InChI is InChI=1S/C24H19F3N4O3/c1-33-20-13-5-15(6-14-20)21-29-23(34-2)30-31(21)19-11-9-18(10-12-19)28-22(32)16-3-7-17(8-4-16)24(25,26)27/h3-14H,1-2H3,(H,28,32). The molecule has 0 fully saturated rings. The van der Waals surface area contributed by atoms with Crippen LogP contribution in [0.4, 0.5) is 18.9 Å². The summed E-state index contributed by atoms with van der Waals surface area (Å²) in [5, 5.41) is 7.02. The SMILES string of the molecule is COc1ccc(-c2nc(OC)nn2-c2ccc(NC(=O)c3ccc(C(F)(F)F)cc3)cc2)cc1. The molecule has 1 amide bonds. The van der Waals surface area contributed by atoms with Gasteiger partial charge in [-0.15, -0.1) is 5.10 Å². The maximum atomic E-state index is 12.7. The highest BCUT2D eigenvalue weighted by Crippen LogP contribution is 2.29. The van der Waals surface area contributed by atoms with E-state index in [9.17, 15) is 18.0 Å². The molecule has 0 radical (unpaired) electrons. The zero-order chi connectivity index (χ0) is 24.3. The number of methoxy groups -OCH3 is 2.